The number of rotatable bonds is 6. The first kappa shape index (κ1) is 21.3. The fraction of sp³-hybridized carbons (Fsp3) is 0.304. The van der Waals surface area contributed by atoms with Crippen molar-refractivity contribution in [3.8, 4) is 5.69 Å². The van der Waals surface area contributed by atoms with Gasteiger partial charge in [-0.2, -0.15) is 9.40 Å². The lowest BCUT2D eigenvalue weighted by molar-refractivity contribution is 0.102. The van der Waals surface area contributed by atoms with Gasteiger partial charge < -0.3 is 5.32 Å². The Balaban J connectivity index is 1.46. The number of hydrogen-bond acceptors (Lipinski definition) is 4. The van der Waals surface area contributed by atoms with Crippen molar-refractivity contribution in [2.24, 2.45) is 0 Å². The zero-order valence-electron chi connectivity index (χ0n) is 17.4. The van der Waals surface area contributed by atoms with Crippen LogP contribution in [0.5, 0.6) is 0 Å². The molecule has 7 nitrogen and oxygen atoms in total. The second-order valence-corrected chi connectivity index (χ2v) is 9.79. The van der Waals surface area contributed by atoms with Gasteiger partial charge in [-0.1, -0.05) is 25.3 Å². The van der Waals surface area contributed by atoms with Crippen LogP contribution in [0.4, 0.5) is 5.69 Å². The van der Waals surface area contributed by atoms with E-state index in [-0.39, 0.29) is 16.8 Å². The van der Waals surface area contributed by atoms with Crippen molar-refractivity contribution in [3.05, 3.63) is 72.6 Å². The van der Waals surface area contributed by atoms with E-state index in [2.05, 4.69) is 10.4 Å². The van der Waals surface area contributed by atoms with Crippen molar-refractivity contribution in [2.75, 3.05) is 12.4 Å². The molecule has 31 heavy (non-hydrogen) atoms. The number of nitrogens with one attached hydrogen (secondary N) is 1. The molecule has 0 bridgehead atoms. The molecule has 1 aromatic heterocycles. The van der Waals surface area contributed by atoms with Gasteiger partial charge in [-0.3, -0.25) is 4.79 Å². The van der Waals surface area contributed by atoms with Crippen LogP contribution in [0.2, 0.25) is 0 Å². The van der Waals surface area contributed by atoms with E-state index in [1.807, 2.05) is 12.1 Å². The number of nitrogens with zero attached hydrogens (tertiary/aromatic N) is 3. The minimum atomic E-state index is -3.56. The number of carbonyl (C=O) groups excluding carboxylic acids is 1. The third-order valence-electron chi connectivity index (χ3n) is 5.76. The van der Waals surface area contributed by atoms with E-state index in [1.165, 1.54) is 10.7 Å². The van der Waals surface area contributed by atoms with E-state index in [9.17, 15) is 13.2 Å². The van der Waals surface area contributed by atoms with Crippen molar-refractivity contribution < 1.29 is 13.2 Å². The molecule has 162 valence electrons. The van der Waals surface area contributed by atoms with Crippen molar-refractivity contribution in [3.63, 3.8) is 0 Å². The Kier molecular flexibility index (Phi) is 6.20. The molecule has 0 radical (unpaired) electrons. The Bertz CT molecular complexity index is 1140. The molecule has 2 aromatic carbocycles. The van der Waals surface area contributed by atoms with Gasteiger partial charge in [0.1, 0.15) is 0 Å². The van der Waals surface area contributed by atoms with Gasteiger partial charge in [0, 0.05) is 36.7 Å². The second-order valence-electron chi connectivity index (χ2n) is 7.79. The largest absolute Gasteiger partial charge is 0.322 e. The number of carbonyl (C=O) groups is 1. The summed E-state index contributed by atoms with van der Waals surface area (Å²) in [6.45, 7) is 0. The van der Waals surface area contributed by atoms with E-state index < -0.39 is 10.0 Å². The van der Waals surface area contributed by atoms with Gasteiger partial charge in [0.25, 0.3) is 5.91 Å². The van der Waals surface area contributed by atoms with Crippen LogP contribution < -0.4 is 5.32 Å². The van der Waals surface area contributed by atoms with Gasteiger partial charge >= 0.3 is 0 Å². The maximum atomic E-state index is 13.0. The minimum Gasteiger partial charge on any atom is -0.322 e. The number of benzene rings is 2. The summed E-state index contributed by atoms with van der Waals surface area (Å²) < 4.78 is 29.1. The fourth-order valence-corrected chi connectivity index (χ4v) is 5.35. The summed E-state index contributed by atoms with van der Waals surface area (Å²) in [5.41, 5.74) is 1.81. The summed E-state index contributed by atoms with van der Waals surface area (Å²) in [4.78, 5) is 12.9. The number of aromatic nitrogens is 2. The number of anilines is 1. The summed E-state index contributed by atoms with van der Waals surface area (Å²) in [6, 6.07) is 15.3. The molecular weight excluding hydrogens is 412 g/mol. The van der Waals surface area contributed by atoms with Gasteiger partial charge in [-0.05, 0) is 61.4 Å². The lowest BCUT2D eigenvalue weighted by Gasteiger charge is -2.30. The number of amides is 1. The smallest absolute Gasteiger partial charge is 0.255 e. The third-order valence-corrected chi connectivity index (χ3v) is 7.68. The lowest BCUT2D eigenvalue weighted by atomic mass is 9.96. The molecular formula is C23H26N4O3S. The highest BCUT2D eigenvalue weighted by Crippen LogP contribution is 2.27. The summed E-state index contributed by atoms with van der Waals surface area (Å²) >= 11 is 0. The Labute approximate surface area is 182 Å². The molecule has 1 amide bonds. The van der Waals surface area contributed by atoms with Crippen LogP contribution in [0.15, 0.2) is 71.9 Å². The zero-order valence-corrected chi connectivity index (χ0v) is 18.3. The topological polar surface area (TPSA) is 84.3 Å². The molecule has 0 unspecified atom stereocenters. The monoisotopic (exact) mass is 438 g/mol. The maximum Gasteiger partial charge on any atom is 0.255 e. The van der Waals surface area contributed by atoms with Crippen molar-refractivity contribution in [1.29, 1.82) is 0 Å². The van der Waals surface area contributed by atoms with Crippen molar-refractivity contribution >= 4 is 21.6 Å². The molecule has 1 aliphatic carbocycles. The third kappa shape index (κ3) is 4.70. The molecule has 0 atom stereocenters. The first-order chi connectivity index (χ1) is 14.9. The summed E-state index contributed by atoms with van der Waals surface area (Å²) in [7, 11) is -1.90. The normalized spacial score (nSPS) is 15.2. The molecule has 0 saturated heterocycles. The molecule has 1 fully saturated rings. The van der Waals surface area contributed by atoms with Crippen LogP contribution in [-0.2, 0) is 10.0 Å². The highest BCUT2D eigenvalue weighted by atomic mass is 32.2. The van der Waals surface area contributed by atoms with Gasteiger partial charge in [0.2, 0.25) is 10.0 Å². The highest BCUT2D eigenvalue weighted by molar-refractivity contribution is 7.89. The van der Waals surface area contributed by atoms with Gasteiger partial charge in [-0.25, -0.2) is 13.1 Å². The fourth-order valence-electron chi connectivity index (χ4n) is 3.93. The Morgan fingerprint density at radius 2 is 1.81 bits per heavy atom. The zero-order chi connectivity index (χ0) is 21.8. The molecule has 1 N–H and O–H groups in total. The summed E-state index contributed by atoms with van der Waals surface area (Å²) in [5, 5.41) is 7.00. The van der Waals surface area contributed by atoms with Crippen molar-refractivity contribution in [1.82, 2.24) is 14.1 Å². The molecule has 3 aromatic rings. The first-order valence-corrected chi connectivity index (χ1v) is 11.9. The number of hydrogen-bond donors (Lipinski definition) is 1. The second kappa shape index (κ2) is 9.03. The maximum absolute atomic E-state index is 13.0. The Hall–Kier alpha value is -2.97. The van der Waals surface area contributed by atoms with Gasteiger partial charge in [0.05, 0.1) is 10.6 Å². The van der Waals surface area contributed by atoms with E-state index in [4.69, 9.17) is 0 Å². The van der Waals surface area contributed by atoms with Crippen LogP contribution in [0.25, 0.3) is 5.69 Å². The predicted molar refractivity (Wildman–Crippen MR) is 120 cm³/mol. The Morgan fingerprint density at radius 1 is 1.06 bits per heavy atom. The van der Waals surface area contributed by atoms with Crippen molar-refractivity contribution in [2.45, 2.75) is 43.0 Å². The predicted octanol–water partition coefficient (Wildman–Crippen LogP) is 4.08. The van der Waals surface area contributed by atoms with Crippen LogP contribution in [-0.4, -0.2) is 41.5 Å². The molecule has 4 rings (SSSR count). The summed E-state index contributed by atoms with van der Waals surface area (Å²) in [6.07, 6.45) is 8.59. The average Bonchev–Trinajstić information content (AvgIpc) is 3.35. The molecule has 1 saturated carbocycles. The van der Waals surface area contributed by atoms with Crippen LogP contribution in [0.3, 0.4) is 0 Å². The standard InChI is InChI=1S/C23H26N4O3S/c1-26(20-8-3-2-4-9-20)31(29,30)22-13-11-19(12-14-22)25-23(28)18-7-5-10-21(17-18)27-16-6-15-24-27/h5-7,10-17,20H,2-4,8-9H2,1H3,(H,25,28). The average molecular weight is 439 g/mol. The van der Waals surface area contributed by atoms with E-state index in [0.717, 1.165) is 31.4 Å². The van der Waals surface area contributed by atoms with E-state index in [1.54, 1.807) is 66.6 Å². The molecule has 8 heteroatoms. The van der Waals surface area contributed by atoms with Crippen LogP contribution >= 0.6 is 0 Å². The number of sulfonamides is 1. The van der Waals surface area contributed by atoms with Crippen LogP contribution in [0.1, 0.15) is 42.5 Å². The van der Waals surface area contributed by atoms with Crippen LogP contribution in [0, 0.1) is 0 Å². The highest BCUT2D eigenvalue weighted by Gasteiger charge is 2.28. The lowest BCUT2D eigenvalue weighted by Crippen LogP contribution is -2.38. The molecule has 1 heterocycles. The van der Waals surface area contributed by atoms with Gasteiger partial charge in [0.15, 0.2) is 0 Å². The molecule has 0 aliphatic heterocycles. The molecule has 0 spiro atoms. The SMILES string of the molecule is CN(C1CCCCC1)S(=O)(=O)c1ccc(NC(=O)c2cccc(-n3cccn3)c2)cc1. The minimum absolute atomic E-state index is 0.0557. The summed E-state index contributed by atoms with van der Waals surface area (Å²) in [5.74, 6) is -0.274. The first-order valence-electron chi connectivity index (χ1n) is 10.4. The Morgan fingerprint density at radius 3 is 2.48 bits per heavy atom. The van der Waals surface area contributed by atoms with Gasteiger partial charge in [-0.15, -0.1) is 0 Å². The molecule has 1 aliphatic rings. The van der Waals surface area contributed by atoms with E-state index in [0.29, 0.717) is 11.3 Å². The quantitative estimate of drug-likeness (QED) is 0.629. The van der Waals surface area contributed by atoms with E-state index >= 15 is 0 Å².